The molecule has 1 amide bonds. The minimum atomic E-state index is -0.603. The molecule has 1 atom stereocenters. The van der Waals surface area contributed by atoms with E-state index in [4.69, 9.17) is 9.47 Å². The summed E-state index contributed by atoms with van der Waals surface area (Å²) in [4.78, 5) is 38.2. The van der Waals surface area contributed by atoms with E-state index in [1.54, 1.807) is 20.9 Å². The summed E-state index contributed by atoms with van der Waals surface area (Å²) in [7, 11) is 1.69. The molecule has 1 N–H and O–H groups in total. The van der Waals surface area contributed by atoms with E-state index in [2.05, 4.69) is 9.69 Å². The van der Waals surface area contributed by atoms with Crippen molar-refractivity contribution in [2.24, 2.45) is 0 Å². The lowest BCUT2D eigenvalue weighted by Gasteiger charge is -2.33. The highest BCUT2D eigenvalue weighted by molar-refractivity contribution is 7.10. The zero-order valence-electron chi connectivity index (χ0n) is 14.7. The fourth-order valence-corrected chi connectivity index (χ4v) is 3.51. The average Bonchev–Trinajstić information content (AvgIpc) is 3.00. The zero-order valence-corrected chi connectivity index (χ0v) is 15.5. The number of hydrogen-bond donors (Lipinski definition) is 1. The third-order valence-corrected chi connectivity index (χ3v) is 4.96. The van der Waals surface area contributed by atoms with Crippen molar-refractivity contribution in [1.29, 1.82) is 0 Å². The summed E-state index contributed by atoms with van der Waals surface area (Å²) in [6.07, 6.45) is 2.24. The number of piperidine rings is 1. The van der Waals surface area contributed by atoms with Gasteiger partial charge in [0.25, 0.3) is 5.91 Å². The first kappa shape index (κ1) is 19.2. The number of carbonyl (C=O) groups excluding carboxylic acids is 3. The van der Waals surface area contributed by atoms with Crippen molar-refractivity contribution in [3.05, 3.63) is 11.3 Å². The van der Waals surface area contributed by atoms with Crippen LogP contribution in [-0.4, -0.2) is 60.0 Å². The molecule has 8 nitrogen and oxygen atoms in total. The van der Waals surface area contributed by atoms with Crippen molar-refractivity contribution < 1.29 is 23.9 Å². The smallest absolute Gasteiger partial charge is 0.343 e. The summed E-state index contributed by atoms with van der Waals surface area (Å²) in [6, 6.07) is -0.600. The Morgan fingerprint density at radius 1 is 1.32 bits per heavy atom. The van der Waals surface area contributed by atoms with Gasteiger partial charge < -0.3 is 19.7 Å². The number of hydrogen-bond acceptors (Lipinski definition) is 8. The van der Waals surface area contributed by atoms with Gasteiger partial charge in [-0.1, -0.05) is 0 Å². The summed E-state index contributed by atoms with van der Waals surface area (Å²) in [6.45, 7) is 3.75. The second-order valence-corrected chi connectivity index (χ2v) is 6.42. The summed E-state index contributed by atoms with van der Waals surface area (Å²) in [5.74, 6) is -1.40. The van der Waals surface area contributed by atoms with Crippen molar-refractivity contribution in [1.82, 2.24) is 9.27 Å². The molecular formula is C16H23N3O5S. The zero-order chi connectivity index (χ0) is 18.4. The van der Waals surface area contributed by atoms with Crippen molar-refractivity contribution in [3.63, 3.8) is 0 Å². The molecule has 0 spiro atoms. The Morgan fingerprint density at radius 2 is 2.08 bits per heavy atom. The molecule has 1 fully saturated rings. The molecule has 0 saturated carbocycles. The molecule has 0 aliphatic carbocycles. The van der Waals surface area contributed by atoms with Gasteiger partial charge in [0.15, 0.2) is 6.61 Å². The molecule has 1 aliphatic heterocycles. The van der Waals surface area contributed by atoms with Crippen molar-refractivity contribution in [3.8, 4) is 0 Å². The quantitative estimate of drug-likeness (QED) is 0.761. The van der Waals surface area contributed by atoms with Gasteiger partial charge in [-0.15, -0.1) is 0 Å². The lowest BCUT2D eigenvalue weighted by atomic mass is 10.0. The van der Waals surface area contributed by atoms with Gasteiger partial charge in [0.2, 0.25) is 0 Å². The first-order valence-corrected chi connectivity index (χ1v) is 9.04. The summed E-state index contributed by atoms with van der Waals surface area (Å²) in [5.41, 5.74) is 0.884. The monoisotopic (exact) mass is 369 g/mol. The van der Waals surface area contributed by atoms with E-state index in [-0.39, 0.29) is 6.61 Å². The van der Waals surface area contributed by atoms with Crippen LogP contribution in [0.15, 0.2) is 0 Å². The lowest BCUT2D eigenvalue weighted by Crippen LogP contribution is -2.50. The SMILES string of the molecule is CCOC(=O)[C@@H]1CCCCN1C(=O)COC(=O)c1c(C)nsc1NC. The molecule has 0 unspecified atom stereocenters. The highest BCUT2D eigenvalue weighted by atomic mass is 32.1. The van der Waals surface area contributed by atoms with Crippen LogP contribution in [0, 0.1) is 6.92 Å². The molecule has 138 valence electrons. The predicted octanol–water partition coefficient (Wildman–Crippen LogP) is 1.59. The van der Waals surface area contributed by atoms with E-state index < -0.39 is 30.5 Å². The van der Waals surface area contributed by atoms with Crippen LogP contribution in [0.5, 0.6) is 0 Å². The molecule has 0 radical (unpaired) electrons. The largest absolute Gasteiger partial charge is 0.464 e. The molecule has 0 bridgehead atoms. The molecule has 1 aromatic heterocycles. The fraction of sp³-hybridized carbons (Fsp3) is 0.625. The summed E-state index contributed by atoms with van der Waals surface area (Å²) < 4.78 is 14.3. The Hall–Kier alpha value is -2.16. The maximum Gasteiger partial charge on any atom is 0.343 e. The maximum atomic E-state index is 12.4. The Bertz CT molecular complexity index is 646. The van der Waals surface area contributed by atoms with Gasteiger partial charge in [0, 0.05) is 13.6 Å². The molecule has 2 heterocycles. The van der Waals surface area contributed by atoms with Gasteiger partial charge in [-0.3, -0.25) is 4.79 Å². The predicted molar refractivity (Wildman–Crippen MR) is 92.7 cm³/mol. The Morgan fingerprint density at radius 3 is 2.76 bits per heavy atom. The van der Waals surface area contributed by atoms with E-state index in [0.29, 0.717) is 29.2 Å². The van der Waals surface area contributed by atoms with Crippen molar-refractivity contribution >= 4 is 34.4 Å². The Kier molecular flexibility index (Phi) is 6.74. The molecule has 0 aromatic carbocycles. The Balaban J connectivity index is 1.99. The summed E-state index contributed by atoms with van der Waals surface area (Å²) >= 11 is 1.16. The number of esters is 2. The van der Waals surface area contributed by atoms with Crippen LogP contribution in [0.25, 0.3) is 0 Å². The number of likely N-dealkylation sites (tertiary alicyclic amines) is 1. The van der Waals surface area contributed by atoms with E-state index in [1.807, 2.05) is 0 Å². The van der Waals surface area contributed by atoms with Crippen LogP contribution in [0.3, 0.4) is 0 Å². The first-order chi connectivity index (χ1) is 12.0. The number of aryl methyl sites for hydroxylation is 1. The minimum absolute atomic E-state index is 0.267. The minimum Gasteiger partial charge on any atom is -0.464 e. The molecule has 1 aromatic rings. The number of amides is 1. The van der Waals surface area contributed by atoms with E-state index in [0.717, 1.165) is 24.4 Å². The maximum absolute atomic E-state index is 12.4. The van der Waals surface area contributed by atoms with Crippen LogP contribution in [0.2, 0.25) is 0 Å². The molecule has 2 rings (SSSR count). The third-order valence-electron chi connectivity index (χ3n) is 4.00. The molecular weight excluding hydrogens is 346 g/mol. The number of carbonyl (C=O) groups is 3. The van der Waals surface area contributed by atoms with Gasteiger partial charge in [-0.05, 0) is 44.6 Å². The number of rotatable bonds is 6. The van der Waals surface area contributed by atoms with Gasteiger partial charge in [0.1, 0.15) is 16.6 Å². The number of nitrogens with zero attached hydrogens (tertiary/aromatic N) is 2. The van der Waals surface area contributed by atoms with Crippen molar-refractivity contribution in [2.45, 2.75) is 39.2 Å². The Labute approximate surface area is 150 Å². The van der Waals surface area contributed by atoms with E-state index in [9.17, 15) is 14.4 Å². The van der Waals surface area contributed by atoms with Crippen molar-refractivity contribution in [2.75, 3.05) is 32.1 Å². The van der Waals surface area contributed by atoms with E-state index >= 15 is 0 Å². The van der Waals surface area contributed by atoms with Gasteiger partial charge in [-0.25, -0.2) is 9.59 Å². The highest BCUT2D eigenvalue weighted by Crippen LogP contribution is 2.25. The standard InChI is InChI=1S/C16H23N3O5S/c1-4-23-15(21)11-7-5-6-8-19(11)12(20)9-24-16(22)13-10(2)18-25-14(13)17-3/h11,17H,4-9H2,1-3H3/t11-/m0/s1. The number of ether oxygens (including phenoxy) is 2. The summed E-state index contributed by atoms with van der Waals surface area (Å²) in [5, 5.41) is 3.48. The van der Waals surface area contributed by atoms with Crippen LogP contribution >= 0.6 is 11.5 Å². The average molecular weight is 369 g/mol. The fourth-order valence-electron chi connectivity index (χ4n) is 2.78. The second-order valence-electron chi connectivity index (χ2n) is 5.65. The molecule has 1 saturated heterocycles. The number of aromatic nitrogens is 1. The molecule has 25 heavy (non-hydrogen) atoms. The number of anilines is 1. The van der Waals surface area contributed by atoms with Crippen LogP contribution in [-0.2, 0) is 19.1 Å². The van der Waals surface area contributed by atoms with Gasteiger partial charge in [-0.2, -0.15) is 4.37 Å². The third kappa shape index (κ3) is 4.47. The highest BCUT2D eigenvalue weighted by Gasteiger charge is 2.33. The normalized spacial score (nSPS) is 17.1. The van der Waals surface area contributed by atoms with Crippen LogP contribution in [0.4, 0.5) is 5.00 Å². The number of nitrogens with one attached hydrogen (secondary N) is 1. The topological polar surface area (TPSA) is 97.8 Å². The first-order valence-electron chi connectivity index (χ1n) is 8.26. The van der Waals surface area contributed by atoms with Gasteiger partial charge in [0.05, 0.1) is 12.3 Å². The van der Waals surface area contributed by atoms with Crippen LogP contribution < -0.4 is 5.32 Å². The molecule has 9 heteroatoms. The van der Waals surface area contributed by atoms with E-state index in [1.165, 1.54) is 4.90 Å². The second kappa shape index (κ2) is 8.80. The lowest BCUT2D eigenvalue weighted by molar-refractivity contribution is -0.157. The van der Waals surface area contributed by atoms with Crippen LogP contribution in [0.1, 0.15) is 42.2 Å². The van der Waals surface area contributed by atoms with Gasteiger partial charge >= 0.3 is 11.9 Å². The molecule has 1 aliphatic rings.